The topological polar surface area (TPSA) is 129 Å². The number of fused-ring (bicyclic) bond motifs is 3. The van der Waals surface area contributed by atoms with Crippen molar-refractivity contribution >= 4 is 48.0 Å². The maximum atomic E-state index is 12.9. The van der Waals surface area contributed by atoms with Gasteiger partial charge in [0.2, 0.25) is 0 Å². The van der Waals surface area contributed by atoms with E-state index in [4.69, 9.17) is 16.9 Å². The largest absolute Gasteiger partial charge is 0.404 e. The van der Waals surface area contributed by atoms with Gasteiger partial charge in [-0.2, -0.15) is 5.10 Å². The highest BCUT2D eigenvalue weighted by atomic mass is 32.1. The van der Waals surface area contributed by atoms with Gasteiger partial charge < -0.3 is 21.4 Å². The molecule has 28 heavy (non-hydrogen) atoms. The summed E-state index contributed by atoms with van der Waals surface area (Å²) in [6.45, 7) is 5.89. The molecule has 0 aliphatic heterocycles. The van der Waals surface area contributed by atoms with Gasteiger partial charge >= 0.3 is 0 Å². The van der Waals surface area contributed by atoms with Gasteiger partial charge in [-0.3, -0.25) is 4.79 Å². The maximum absolute atomic E-state index is 12.9. The van der Waals surface area contributed by atoms with E-state index in [2.05, 4.69) is 25.9 Å². The molecular weight excluding hydrogens is 393 g/mol. The molecule has 3 heterocycles. The van der Waals surface area contributed by atoms with Crippen LogP contribution in [-0.2, 0) is 20.0 Å². The zero-order valence-electron chi connectivity index (χ0n) is 15.7. The molecule has 3 aromatic rings. The van der Waals surface area contributed by atoms with Crippen LogP contribution in [0.1, 0.15) is 11.9 Å². The van der Waals surface area contributed by atoms with Crippen LogP contribution in [0.2, 0.25) is 0 Å². The summed E-state index contributed by atoms with van der Waals surface area (Å²) in [6, 6.07) is 0. The fourth-order valence-corrected chi connectivity index (χ4v) is 4.05. The quantitative estimate of drug-likeness (QED) is 0.322. The third-order valence-corrected chi connectivity index (χ3v) is 6.24. The van der Waals surface area contributed by atoms with E-state index >= 15 is 0 Å². The normalized spacial score (nSPS) is 13.2. The lowest BCUT2D eigenvalue weighted by atomic mass is 10.2. The Morgan fingerprint density at radius 1 is 1.50 bits per heavy atom. The van der Waals surface area contributed by atoms with Crippen LogP contribution >= 0.6 is 20.6 Å². The summed E-state index contributed by atoms with van der Waals surface area (Å²) in [5.41, 5.74) is 14.4. The molecule has 8 nitrogen and oxygen atoms in total. The Morgan fingerprint density at radius 2 is 2.21 bits per heavy atom. The second kappa shape index (κ2) is 7.69. The molecule has 0 saturated carbocycles. The van der Waals surface area contributed by atoms with E-state index in [9.17, 15) is 4.79 Å². The highest BCUT2D eigenvalue weighted by Gasteiger charge is 2.18. The lowest BCUT2D eigenvalue weighted by Gasteiger charge is -2.07. The van der Waals surface area contributed by atoms with Gasteiger partial charge in [-0.1, -0.05) is 6.58 Å². The van der Waals surface area contributed by atoms with Gasteiger partial charge in [0.1, 0.15) is 10.5 Å². The number of nitrogens with zero attached hydrogens (tertiary/aromatic N) is 4. The Labute approximate surface area is 167 Å². The van der Waals surface area contributed by atoms with Crippen molar-refractivity contribution in [1.82, 2.24) is 19.3 Å². The number of nitrogens with one attached hydrogen (secondary N) is 1. The number of nitrogens with two attached hydrogens (primary N) is 2. The van der Waals surface area contributed by atoms with Gasteiger partial charge in [0, 0.05) is 37.0 Å². The minimum absolute atomic E-state index is 0.135. The third-order valence-electron chi connectivity index (χ3n) is 4.57. The van der Waals surface area contributed by atoms with E-state index in [0.717, 1.165) is 37.8 Å². The second-order valence-electron chi connectivity index (χ2n) is 6.44. The van der Waals surface area contributed by atoms with Crippen LogP contribution in [-0.4, -0.2) is 25.5 Å². The lowest BCUT2D eigenvalue weighted by Crippen LogP contribution is -2.27. The van der Waals surface area contributed by atoms with Crippen LogP contribution in [0.25, 0.3) is 21.3 Å². The second-order valence-corrected chi connectivity index (χ2v) is 8.15. The average Bonchev–Trinajstić information content (AvgIpc) is 3.20. The van der Waals surface area contributed by atoms with E-state index in [1.54, 1.807) is 17.7 Å². The fraction of sp³-hybridized carbons (Fsp3) is 0.222. The van der Waals surface area contributed by atoms with Gasteiger partial charge in [0.05, 0.1) is 17.4 Å². The number of thiazole rings is 1. The van der Waals surface area contributed by atoms with Crippen molar-refractivity contribution in [2.75, 3.05) is 0 Å². The molecule has 0 fully saturated rings. The number of aryl methyl sites for hydroxylation is 1. The Bertz CT molecular complexity index is 1230. The van der Waals surface area contributed by atoms with E-state index in [-0.39, 0.29) is 12.1 Å². The van der Waals surface area contributed by atoms with E-state index in [1.165, 1.54) is 22.2 Å². The third kappa shape index (κ3) is 3.39. The van der Waals surface area contributed by atoms with Crippen molar-refractivity contribution in [3.63, 3.8) is 0 Å². The van der Waals surface area contributed by atoms with Gasteiger partial charge in [-0.15, -0.1) is 20.6 Å². The SMILES string of the molecule is C=C(Cc1nc2c(s1)c1cnn(CC(N)=C(C)C=N)c(=O)c1n2C)/C(P)=C\N. The molecule has 146 valence electrons. The highest BCUT2D eigenvalue weighted by Crippen LogP contribution is 2.32. The molecular formula is C18H22N7OPS. The summed E-state index contributed by atoms with van der Waals surface area (Å²) in [6.07, 6.45) is 4.92. The predicted molar refractivity (Wildman–Crippen MR) is 119 cm³/mol. The fourth-order valence-electron chi connectivity index (χ4n) is 2.80. The first-order valence-corrected chi connectivity index (χ1v) is 9.83. The van der Waals surface area contributed by atoms with E-state index in [1.807, 2.05) is 7.05 Å². The van der Waals surface area contributed by atoms with Crippen LogP contribution in [0.4, 0.5) is 0 Å². The van der Waals surface area contributed by atoms with Gasteiger partial charge in [-0.25, -0.2) is 9.67 Å². The molecule has 5 N–H and O–H groups in total. The molecule has 0 aliphatic carbocycles. The van der Waals surface area contributed by atoms with Gasteiger partial charge in [0.25, 0.3) is 5.56 Å². The van der Waals surface area contributed by atoms with Gasteiger partial charge in [0.15, 0.2) is 5.65 Å². The molecule has 0 saturated heterocycles. The molecule has 10 heteroatoms. The highest BCUT2D eigenvalue weighted by molar-refractivity contribution is 7.23. The van der Waals surface area contributed by atoms with Crippen LogP contribution in [0, 0.1) is 5.41 Å². The standard InChI is InChI=1S/C18H22N7OPS/c1-9(13(27)6-20)4-14-23-17-16(28-14)11-7-22-25(8-12(21)10(2)5-19)18(26)15(11)24(17)3/h5-7,19H,1,4,8,20-21,27H2,2-3H3/b12-10?,13-6+,19-5?. The summed E-state index contributed by atoms with van der Waals surface area (Å²) in [4.78, 5) is 17.6. The van der Waals surface area contributed by atoms with Crippen molar-refractivity contribution in [2.45, 2.75) is 19.9 Å². The summed E-state index contributed by atoms with van der Waals surface area (Å²) in [5.74, 6) is 0. The van der Waals surface area contributed by atoms with Crippen molar-refractivity contribution in [1.29, 1.82) is 5.41 Å². The zero-order valence-corrected chi connectivity index (χ0v) is 17.7. The van der Waals surface area contributed by atoms with Crippen molar-refractivity contribution in [2.24, 2.45) is 18.5 Å². The first-order chi connectivity index (χ1) is 13.3. The first-order valence-electron chi connectivity index (χ1n) is 8.43. The van der Waals surface area contributed by atoms with Crippen molar-refractivity contribution in [3.8, 4) is 0 Å². The maximum Gasteiger partial charge on any atom is 0.291 e. The Balaban J connectivity index is 2.08. The average molecular weight is 415 g/mol. The Kier molecular flexibility index (Phi) is 5.49. The predicted octanol–water partition coefficient (Wildman–Crippen LogP) is 2.00. The molecule has 3 rings (SSSR count). The van der Waals surface area contributed by atoms with E-state index < -0.39 is 0 Å². The van der Waals surface area contributed by atoms with Gasteiger partial charge in [-0.05, 0) is 23.4 Å². The number of rotatable bonds is 6. The van der Waals surface area contributed by atoms with Crippen molar-refractivity contribution < 1.29 is 0 Å². The molecule has 0 spiro atoms. The van der Waals surface area contributed by atoms with Crippen LogP contribution in [0.15, 0.2) is 45.9 Å². The molecule has 0 amide bonds. The van der Waals surface area contributed by atoms with Crippen LogP contribution < -0.4 is 17.0 Å². The molecule has 0 aromatic carbocycles. The zero-order chi connectivity index (χ0) is 20.6. The molecule has 0 aliphatic rings. The molecule has 1 unspecified atom stereocenters. The lowest BCUT2D eigenvalue weighted by molar-refractivity contribution is 0.630. The van der Waals surface area contributed by atoms with E-state index in [0.29, 0.717) is 23.2 Å². The Morgan fingerprint density at radius 3 is 2.86 bits per heavy atom. The monoisotopic (exact) mass is 415 g/mol. The Hall–Kier alpha value is -2.77. The minimum atomic E-state index is -0.241. The molecule has 0 bridgehead atoms. The molecule has 0 radical (unpaired) electrons. The number of aromatic nitrogens is 4. The summed E-state index contributed by atoms with van der Waals surface area (Å²) in [5, 5.41) is 14.1. The van der Waals surface area contributed by atoms with Crippen LogP contribution in [0.5, 0.6) is 0 Å². The summed E-state index contributed by atoms with van der Waals surface area (Å²) in [7, 11) is 4.38. The number of hydrogen-bond acceptors (Lipinski definition) is 7. The summed E-state index contributed by atoms with van der Waals surface area (Å²) < 4.78 is 4.01. The molecule has 3 aromatic heterocycles. The summed E-state index contributed by atoms with van der Waals surface area (Å²) >= 11 is 1.52. The number of allylic oxidation sites excluding steroid dienone is 4. The minimum Gasteiger partial charge on any atom is -0.404 e. The smallest absolute Gasteiger partial charge is 0.291 e. The van der Waals surface area contributed by atoms with Crippen LogP contribution in [0.3, 0.4) is 0 Å². The first kappa shape index (κ1) is 20.0. The number of hydrogen-bond donors (Lipinski definition) is 3. The molecule has 1 atom stereocenters. The van der Waals surface area contributed by atoms with Crippen molar-refractivity contribution in [3.05, 3.63) is 56.5 Å².